The van der Waals surface area contributed by atoms with Crippen LogP contribution in [0.15, 0.2) is 34.3 Å². The average molecular weight is 461 g/mol. The predicted molar refractivity (Wildman–Crippen MR) is 120 cm³/mol. The van der Waals surface area contributed by atoms with Gasteiger partial charge in [-0.1, -0.05) is 17.8 Å². The van der Waals surface area contributed by atoms with Crippen molar-refractivity contribution in [1.82, 2.24) is 9.97 Å². The fourth-order valence-corrected chi connectivity index (χ4v) is 6.22. The molecular weight excluding hydrogens is 434 g/mol. The summed E-state index contributed by atoms with van der Waals surface area (Å²) in [4.78, 5) is 24.9. The maximum absolute atomic E-state index is 14.6. The van der Waals surface area contributed by atoms with Crippen LogP contribution in [0.3, 0.4) is 0 Å². The average Bonchev–Trinajstić information content (AvgIpc) is 3.15. The zero-order chi connectivity index (χ0) is 22.7. The largest absolute Gasteiger partial charge is 0.381 e. The summed E-state index contributed by atoms with van der Waals surface area (Å²) in [5.74, 6) is -1.81. The second kappa shape index (κ2) is 7.55. The summed E-state index contributed by atoms with van der Waals surface area (Å²) in [6.07, 6.45) is 4.33. The van der Waals surface area contributed by atoms with Crippen LogP contribution in [0.25, 0.3) is 0 Å². The lowest BCUT2D eigenvalue weighted by atomic mass is 9.74. The second-order valence-electron chi connectivity index (χ2n) is 9.11. The fourth-order valence-electron chi connectivity index (χ4n) is 5.26. The molecule has 0 amide bonds. The lowest BCUT2D eigenvalue weighted by molar-refractivity contribution is -0.118. The van der Waals surface area contributed by atoms with E-state index < -0.39 is 5.92 Å². The van der Waals surface area contributed by atoms with Crippen molar-refractivity contribution in [1.29, 1.82) is 0 Å². The molecule has 0 radical (unpaired) electrons. The molecule has 1 aliphatic carbocycles. The molecule has 5 rings (SSSR count). The first kappa shape index (κ1) is 21.4. The number of carbonyl (C=O) groups is 1. The molecule has 1 saturated carbocycles. The van der Waals surface area contributed by atoms with Crippen molar-refractivity contribution in [3.8, 4) is 0 Å². The van der Waals surface area contributed by atoms with Crippen LogP contribution in [0.5, 0.6) is 0 Å². The highest BCUT2D eigenvalue weighted by Crippen LogP contribution is 2.49. The summed E-state index contributed by atoms with van der Waals surface area (Å²) in [6, 6.07) is 5.06. The van der Waals surface area contributed by atoms with E-state index in [2.05, 4.69) is 14.9 Å². The third-order valence-corrected chi connectivity index (χ3v) is 8.11. The second-order valence-corrected chi connectivity index (χ2v) is 10.1. The first-order chi connectivity index (χ1) is 15.2. The van der Waals surface area contributed by atoms with Crippen molar-refractivity contribution >= 4 is 34.9 Å². The summed E-state index contributed by atoms with van der Waals surface area (Å²) in [5, 5.41) is 0.407. The molecule has 7 nitrogen and oxygen atoms in total. The lowest BCUT2D eigenvalue weighted by Crippen LogP contribution is -2.47. The zero-order valence-corrected chi connectivity index (χ0v) is 18.7. The van der Waals surface area contributed by atoms with E-state index in [1.54, 1.807) is 36.3 Å². The standard InChI is InChI=1S/C22H26F2N6OS/c1-29-12-22(23,24)18-14(29)3-2-4-15(18)32-20-19(26)28-17(11-27-20)30-7-5-21(6-8-30)10-13(31)9-16(21)25/h2-4,11,16H,5-10,12,25H2,1H3,(H2,26,28)/t16-/m0/s1. The van der Waals surface area contributed by atoms with E-state index in [1.165, 1.54) is 0 Å². The van der Waals surface area contributed by atoms with Gasteiger partial charge in [-0.3, -0.25) is 4.79 Å². The van der Waals surface area contributed by atoms with Crippen molar-refractivity contribution < 1.29 is 13.6 Å². The number of hydrogen-bond acceptors (Lipinski definition) is 8. The van der Waals surface area contributed by atoms with Gasteiger partial charge in [0.1, 0.15) is 16.6 Å². The van der Waals surface area contributed by atoms with Crippen molar-refractivity contribution in [2.45, 2.75) is 47.6 Å². The quantitative estimate of drug-likeness (QED) is 0.721. The number of anilines is 3. The molecule has 10 heteroatoms. The Hall–Kier alpha value is -2.46. The van der Waals surface area contributed by atoms with E-state index in [9.17, 15) is 13.6 Å². The Morgan fingerprint density at radius 3 is 2.66 bits per heavy atom. The number of ketones is 1. The number of halogens is 2. The van der Waals surface area contributed by atoms with Crippen LogP contribution in [-0.2, 0) is 10.7 Å². The number of Topliss-reactive ketones (excluding diaryl/α,β-unsaturated/α-hetero) is 1. The number of nitrogen functional groups attached to an aromatic ring is 1. The van der Waals surface area contributed by atoms with Crippen LogP contribution in [0, 0.1) is 5.41 Å². The molecule has 3 aliphatic rings. The van der Waals surface area contributed by atoms with Crippen LogP contribution in [0.1, 0.15) is 31.2 Å². The van der Waals surface area contributed by atoms with E-state index in [0.717, 1.165) is 37.7 Å². The van der Waals surface area contributed by atoms with Gasteiger partial charge >= 0.3 is 0 Å². The molecule has 1 aromatic carbocycles. The highest BCUT2D eigenvalue weighted by molar-refractivity contribution is 7.99. The number of fused-ring (bicyclic) bond motifs is 1. The Morgan fingerprint density at radius 2 is 2.00 bits per heavy atom. The number of hydrogen-bond donors (Lipinski definition) is 2. The van der Waals surface area contributed by atoms with Gasteiger partial charge < -0.3 is 21.3 Å². The van der Waals surface area contributed by atoms with Gasteiger partial charge in [-0.05, 0) is 30.4 Å². The molecule has 2 fully saturated rings. The number of piperidine rings is 1. The zero-order valence-electron chi connectivity index (χ0n) is 17.9. The number of rotatable bonds is 3. The Bertz CT molecular complexity index is 1070. The molecule has 0 bridgehead atoms. The minimum atomic E-state index is -2.93. The monoisotopic (exact) mass is 460 g/mol. The van der Waals surface area contributed by atoms with E-state index in [-0.39, 0.29) is 35.2 Å². The van der Waals surface area contributed by atoms with Gasteiger partial charge in [-0.2, -0.15) is 8.78 Å². The van der Waals surface area contributed by atoms with Gasteiger partial charge in [0.05, 0.1) is 18.3 Å². The topological polar surface area (TPSA) is 101 Å². The third kappa shape index (κ3) is 3.49. The van der Waals surface area contributed by atoms with Crippen LogP contribution in [0.2, 0.25) is 0 Å². The van der Waals surface area contributed by atoms with Gasteiger partial charge in [0.25, 0.3) is 5.92 Å². The van der Waals surface area contributed by atoms with Gasteiger partial charge in [0.15, 0.2) is 5.82 Å². The molecule has 1 spiro atoms. The molecule has 4 N–H and O–H groups in total. The number of nitrogens with zero attached hydrogens (tertiary/aromatic N) is 4. The minimum Gasteiger partial charge on any atom is -0.381 e. The molecule has 1 aromatic heterocycles. The molecule has 3 heterocycles. The summed E-state index contributed by atoms with van der Waals surface area (Å²) in [6.45, 7) is 1.12. The number of nitrogens with two attached hydrogens (primary N) is 2. The van der Waals surface area contributed by atoms with Crippen molar-refractivity contribution in [3.63, 3.8) is 0 Å². The number of alkyl halides is 2. The van der Waals surface area contributed by atoms with Crippen molar-refractivity contribution in [2.75, 3.05) is 42.2 Å². The first-order valence-corrected chi connectivity index (χ1v) is 11.6. The van der Waals surface area contributed by atoms with E-state index in [0.29, 0.717) is 34.3 Å². The van der Waals surface area contributed by atoms with E-state index >= 15 is 0 Å². The van der Waals surface area contributed by atoms with Gasteiger partial charge in [-0.15, -0.1) is 0 Å². The Morgan fingerprint density at radius 1 is 1.25 bits per heavy atom. The molecule has 1 atom stereocenters. The Balaban J connectivity index is 1.33. The lowest BCUT2D eigenvalue weighted by Gasteiger charge is -2.41. The highest BCUT2D eigenvalue weighted by Gasteiger charge is 2.47. The normalized spacial score (nSPS) is 23.8. The number of benzene rings is 1. The number of aromatic nitrogens is 2. The summed E-state index contributed by atoms with van der Waals surface area (Å²) < 4.78 is 29.2. The van der Waals surface area contributed by atoms with E-state index in [4.69, 9.17) is 11.5 Å². The van der Waals surface area contributed by atoms with Crippen LogP contribution >= 0.6 is 11.8 Å². The summed E-state index contributed by atoms with van der Waals surface area (Å²) in [5.41, 5.74) is 12.9. The highest BCUT2D eigenvalue weighted by atomic mass is 32.2. The summed E-state index contributed by atoms with van der Waals surface area (Å²) >= 11 is 1.12. The number of likely N-dealkylation sites (N-methyl/N-ethyl adjacent to an activating group) is 1. The summed E-state index contributed by atoms with van der Waals surface area (Å²) in [7, 11) is 1.66. The van der Waals surface area contributed by atoms with Crippen LogP contribution in [-0.4, -0.2) is 48.5 Å². The first-order valence-electron chi connectivity index (χ1n) is 10.7. The minimum absolute atomic E-state index is 0.0153. The van der Waals surface area contributed by atoms with Gasteiger partial charge in [0.2, 0.25) is 0 Å². The predicted octanol–water partition coefficient (Wildman–Crippen LogP) is 3.03. The Kier molecular flexibility index (Phi) is 5.05. The molecule has 1 saturated heterocycles. The fraction of sp³-hybridized carbons (Fsp3) is 0.500. The van der Waals surface area contributed by atoms with Crippen molar-refractivity contribution in [3.05, 3.63) is 30.0 Å². The molecular formula is C22H26F2N6OS. The van der Waals surface area contributed by atoms with Gasteiger partial charge in [-0.25, -0.2) is 9.97 Å². The SMILES string of the molecule is CN1CC(F)(F)c2c(Sc3ncc(N4CCC5(CC4)CC(=O)C[C@@H]5N)nc3N)cccc21. The van der Waals surface area contributed by atoms with E-state index in [1.807, 2.05) is 0 Å². The molecule has 32 heavy (non-hydrogen) atoms. The maximum Gasteiger partial charge on any atom is 0.293 e. The maximum atomic E-state index is 14.6. The smallest absolute Gasteiger partial charge is 0.293 e. The Labute approximate surface area is 189 Å². The number of carbonyl (C=O) groups excluding carboxylic acids is 1. The third-order valence-electron chi connectivity index (χ3n) is 7.04. The molecule has 2 aromatic rings. The molecule has 0 unspecified atom stereocenters. The molecule has 170 valence electrons. The molecule has 2 aliphatic heterocycles. The van der Waals surface area contributed by atoms with Gasteiger partial charge in [0, 0.05) is 49.6 Å². The van der Waals surface area contributed by atoms with Crippen LogP contribution in [0.4, 0.5) is 26.1 Å². The van der Waals surface area contributed by atoms with Crippen LogP contribution < -0.4 is 21.3 Å². The van der Waals surface area contributed by atoms with Crippen molar-refractivity contribution in [2.24, 2.45) is 11.1 Å².